The molecule has 0 saturated carbocycles. The summed E-state index contributed by atoms with van der Waals surface area (Å²) in [6.07, 6.45) is 1.21. The molecule has 2 aromatic rings. The van der Waals surface area contributed by atoms with Gasteiger partial charge in [0.25, 0.3) is 5.91 Å². The minimum Gasteiger partial charge on any atom is -0.352 e. The van der Waals surface area contributed by atoms with Gasteiger partial charge in [0, 0.05) is 29.6 Å². The van der Waals surface area contributed by atoms with Crippen LogP contribution in [-0.2, 0) is 11.2 Å². The molecular formula is C20H23N3O3. The van der Waals surface area contributed by atoms with Crippen LogP contribution in [0.25, 0.3) is 0 Å². The molecule has 1 aliphatic heterocycles. The third-order valence-electron chi connectivity index (χ3n) is 4.42. The quantitative estimate of drug-likeness (QED) is 0.745. The van der Waals surface area contributed by atoms with Crippen molar-refractivity contribution in [2.24, 2.45) is 5.92 Å². The van der Waals surface area contributed by atoms with E-state index in [1.807, 2.05) is 24.3 Å². The molecule has 1 aromatic carbocycles. The maximum Gasteiger partial charge on any atom is 0.251 e. The third kappa shape index (κ3) is 4.02. The number of amides is 2. The summed E-state index contributed by atoms with van der Waals surface area (Å²) in [6, 6.07) is 10.6. The number of aromatic nitrogens is 1. The van der Waals surface area contributed by atoms with E-state index in [1.165, 1.54) is 6.07 Å². The molecular weight excluding hydrogens is 330 g/mol. The lowest BCUT2D eigenvalue weighted by atomic mass is 9.97. The molecule has 0 fully saturated rings. The van der Waals surface area contributed by atoms with Crippen molar-refractivity contribution in [3.8, 4) is 0 Å². The van der Waals surface area contributed by atoms with Gasteiger partial charge in [0.15, 0.2) is 0 Å². The van der Waals surface area contributed by atoms with Crippen molar-refractivity contribution in [2.45, 2.75) is 32.6 Å². The highest BCUT2D eigenvalue weighted by Gasteiger charge is 2.29. The third-order valence-corrected chi connectivity index (χ3v) is 4.42. The molecule has 0 unspecified atom stereocenters. The summed E-state index contributed by atoms with van der Waals surface area (Å²) in [5.74, 6) is -0.226. The molecule has 3 N–H and O–H groups in total. The van der Waals surface area contributed by atoms with Crippen LogP contribution in [0.5, 0.6) is 0 Å². The van der Waals surface area contributed by atoms with E-state index in [0.717, 1.165) is 16.9 Å². The van der Waals surface area contributed by atoms with Crippen molar-refractivity contribution in [2.75, 3.05) is 11.9 Å². The molecule has 1 aliphatic rings. The fourth-order valence-electron chi connectivity index (χ4n) is 3.28. The van der Waals surface area contributed by atoms with Crippen LogP contribution in [0, 0.1) is 5.92 Å². The maximum absolute atomic E-state index is 12.4. The number of pyridine rings is 1. The van der Waals surface area contributed by atoms with Gasteiger partial charge >= 0.3 is 0 Å². The highest BCUT2D eigenvalue weighted by atomic mass is 16.2. The first kappa shape index (κ1) is 17.9. The Hall–Kier alpha value is -2.89. The van der Waals surface area contributed by atoms with E-state index in [-0.39, 0.29) is 23.3 Å². The zero-order chi connectivity index (χ0) is 18.7. The average Bonchev–Trinajstić information content (AvgIpc) is 2.89. The van der Waals surface area contributed by atoms with E-state index in [9.17, 15) is 14.4 Å². The largest absolute Gasteiger partial charge is 0.352 e. The van der Waals surface area contributed by atoms with E-state index in [4.69, 9.17) is 0 Å². The molecule has 0 bridgehead atoms. The number of hydrogen-bond donors (Lipinski definition) is 3. The minimum absolute atomic E-state index is 0.0455. The van der Waals surface area contributed by atoms with E-state index < -0.39 is 0 Å². The average molecular weight is 353 g/mol. The molecule has 1 aromatic heterocycles. The summed E-state index contributed by atoms with van der Waals surface area (Å²) < 4.78 is 0. The molecule has 6 nitrogen and oxygen atoms in total. The van der Waals surface area contributed by atoms with Crippen molar-refractivity contribution in [3.63, 3.8) is 0 Å². The number of carbonyl (C=O) groups is 2. The molecule has 6 heteroatoms. The van der Waals surface area contributed by atoms with Crippen LogP contribution in [-0.4, -0.2) is 23.3 Å². The van der Waals surface area contributed by atoms with Gasteiger partial charge in [-0.25, -0.2) is 0 Å². The number of para-hydroxylation sites is 1. The van der Waals surface area contributed by atoms with Crippen molar-refractivity contribution >= 4 is 17.5 Å². The summed E-state index contributed by atoms with van der Waals surface area (Å²) in [7, 11) is 0. The molecule has 2 amide bonds. The summed E-state index contributed by atoms with van der Waals surface area (Å²) in [5.41, 5.74) is 2.61. The number of H-pyrrole nitrogens is 1. The Kier molecular flexibility index (Phi) is 5.21. The van der Waals surface area contributed by atoms with Crippen LogP contribution < -0.4 is 16.2 Å². The number of anilines is 1. The van der Waals surface area contributed by atoms with Crippen LogP contribution >= 0.6 is 0 Å². The Bertz CT molecular complexity index is 886. The van der Waals surface area contributed by atoms with E-state index in [0.29, 0.717) is 30.9 Å². The molecule has 0 radical (unpaired) electrons. The van der Waals surface area contributed by atoms with Gasteiger partial charge in [-0.2, -0.15) is 0 Å². The second kappa shape index (κ2) is 7.56. The van der Waals surface area contributed by atoms with Crippen LogP contribution in [0.3, 0.4) is 0 Å². The van der Waals surface area contributed by atoms with Crippen molar-refractivity contribution in [3.05, 3.63) is 63.6 Å². The summed E-state index contributed by atoms with van der Waals surface area (Å²) in [4.78, 5) is 39.0. The fourth-order valence-corrected chi connectivity index (χ4v) is 3.28. The zero-order valence-corrected chi connectivity index (χ0v) is 15.0. The molecule has 0 aliphatic carbocycles. The summed E-state index contributed by atoms with van der Waals surface area (Å²) in [5, 5.41) is 5.67. The molecule has 1 atom stereocenters. The van der Waals surface area contributed by atoms with Crippen molar-refractivity contribution < 1.29 is 9.59 Å². The number of hydrogen-bond acceptors (Lipinski definition) is 3. The number of rotatable bonds is 6. The standard InChI is InChI=1S/C20H23N3O3/c1-12(2)9-14-10-13(11-18(24)22-14)19(25)21-8-7-16-15-5-3-4-6-17(15)23-20(16)26/h3-6,10-12,16H,7-9H2,1-2H3,(H,21,25)(H,22,24)(H,23,26)/t16-/m1/s1. The SMILES string of the molecule is CC(C)Cc1cc(C(=O)NCC[C@H]2C(=O)Nc3ccccc32)cc(=O)[nH]1. The van der Waals surface area contributed by atoms with Crippen LogP contribution in [0.1, 0.15) is 47.8 Å². The van der Waals surface area contributed by atoms with Crippen molar-refractivity contribution in [1.29, 1.82) is 0 Å². The fraction of sp³-hybridized carbons (Fsp3) is 0.350. The first-order valence-electron chi connectivity index (χ1n) is 8.85. The molecule has 136 valence electrons. The topological polar surface area (TPSA) is 91.1 Å². The van der Waals surface area contributed by atoms with Crippen molar-refractivity contribution in [1.82, 2.24) is 10.3 Å². The molecule has 0 saturated heterocycles. The predicted octanol–water partition coefficient (Wildman–Crippen LogP) is 2.43. The van der Waals surface area contributed by atoms with Gasteiger partial charge in [0.2, 0.25) is 11.5 Å². The molecule has 2 heterocycles. The van der Waals surface area contributed by atoms with Gasteiger partial charge in [0.05, 0.1) is 5.92 Å². The Morgan fingerprint density at radius 2 is 1.96 bits per heavy atom. The zero-order valence-electron chi connectivity index (χ0n) is 15.0. The Morgan fingerprint density at radius 3 is 2.73 bits per heavy atom. The lowest BCUT2D eigenvalue weighted by Crippen LogP contribution is -2.28. The first-order valence-corrected chi connectivity index (χ1v) is 8.85. The Balaban J connectivity index is 1.62. The number of aromatic amines is 1. The highest BCUT2D eigenvalue weighted by molar-refractivity contribution is 6.02. The molecule has 26 heavy (non-hydrogen) atoms. The maximum atomic E-state index is 12.4. The summed E-state index contributed by atoms with van der Waals surface area (Å²) in [6.45, 7) is 4.46. The lowest BCUT2D eigenvalue weighted by molar-refractivity contribution is -0.117. The van der Waals surface area contributed by atoms with Crippen LogP contribution in [0.2, 0.25) is 0 Å². The number of benzene rings is 1. The molecule has 3 rings (SSSR count). The lowest BCUT2D eigenvalue weighted by Gasteiger charge is -2.11. The monoisotopic (exact) mass is 353 g/mol. The number of fused-ring (bicyclic) bond motifs is 1. The Labute approximate surface area is 152 Å². The normalized spacial score (nSPS) is 15.7. The second-order valence-corrected chi connectivity index (χ2v) is 7.03. The minimum atomic E-state index is -0.298. The van der Waals surface area contributed by atoms with Gasteiger partial charge in [-0.05, 0) is 36.5 Å². The van der Waals surface area contributed by atoms with Crippen LogP contribution in [0.4, 0.5) is 5.69 Å². The number of carbonyl (C=O) groups excluding carboxylic acids is 2. The highest BCUT2D eigenvalue weighted by Crippen LogP contribution is 2.33. The van der Waals surface area contributed by atoms with Gasteiger partial charge in [-0.3, -0.25) is 14.4 Å². The van der Waals surface area contributed by atoms with Gasteiger partial charge in [-0.1, -0.05) is 32.0 Å². The van der Waals surface area contributed by atoms with Crippen LogP contribution in [0.15, 0.2) is 41.2 Å². The number of nitrogens with one attached hydrogen (secondary N) is 3. The van der Waals surface area contributed by atoms with E-state index in [1.54, 1.807) is 6.07 Å². The second-order valence-electron chi connectivity index (χ2n) is 7.03. The predicted molar refractivity (Wildman–Crippen MR) is 100 cm³/mol. The van der Waals surface area contributed by atoms with E-state index in [2.05, 4.69) is 29.5 Å². The van der Waals surface area contributed by atoms with Gasteiger partial charge in [-0.15, -0.1) is 0 Å². The van der Waals surface area contributed by atoms with Gasteiger partial charge < -0.3 is 15.6 Å². The van der Waals surface area contributed by atoms with E-state index >= 15 is 0 Å². The Morgan fingerprint density at radius 1 is 1.19 bits per heavy atom. The summed E-state index contributed by atoms with van der Waals surface area (Å²) >= 11 is 0. The smallest absolute Gasteiger partial charge is 0.251 e. The molecule has 0 spiro atoms. The first-order chi connectivity index (χ1) is 12.4. The van der Waals surface area contributed by atoms with Gasteiger partial charge in [0.1, 0.15) is 0 Å².